The monoisotopic (exact) mass is 511 g/mol. The van der Waals surface area contributed by atoms with Gasteiger partial charge in [0.25, 0.3) is 0 Å². The maximum Gasteiger partial charge on any atom is 0.416 e. The fourth-order valence-corrected chi connectivity index (χ4v) is 4.28. The van der Waals surface area contributed by atoms with Crippen LogP contribution in [0.2, 0.25) is 0 Å². The first-order chi connectivity index (χ1) is 17.3. The second-order valence-corrected chi connectivity index (χ2v) is 9.23. The van der Waals surface area contributed by atoms with Gasteiger partial charge in [-0.15, -0.1) is 0 Å². The van der Waals surface area contributed by atoms with Gasteiger partial charge >= 0.3 is 6.18 Å². The number of amides is 1. The van der Waals surface area contributed by atoms with Crippen LogP contribution in [0.15, 0.2) is 42.5 Å². The summed E-state index contributed by atoms with van der Waals surface area (Å²) in [5.41, 5.74) is 2.48. The highest BCUT2D eigenvalue weighted by Crippen LogP contribution is 2.33. The summed E-state index contributed by atoms with van der Waals surface area (Å²) >= 11 is 0. The molecule has 1 atom stereocenters. The van der Waals surface area contributed by atoms with Gasteiger partial charge in [0.2, 0.25) is 5.91 Å². The van der Waals surface area contributed by atoms with Gasteiger partial charge in [0.05, 0.1) is 16.9 Å². The summed E-state index contributed by atoms with van der Waals surface area (Å²) in [5, 5.41) is 6.25. The summed E-state index contributed by atoms with van der Waals surface area (Å²) in [6.07, 6.45) is -0.187. The summed E-state index contributed by atoms with van der Waals surface area (Å²) in [6.45, 7) is 1.16. The zero-order valence-corrected chi connectivity index (χ0v) is 20.3. The van der Waals surface area contributed by atoms with Gasteiger partial charge in [-0.05, 0) is 68.0 Å². The van der Waals surface area contributed by atoms with Gasteiger partial charge in [0, 0.05) is 31.7 Å². The summed E-state index contributed by atoms with van der Waals surface area (Å²) < 4.78 is 63.5. The van der Waals surface area contributed by atoms with Crippen molar-refractivity contribution in [1.29, 1.82) is 0 Å². The molecule has 1 unspecified atom stereocenters. The molecule has 0 radical (unpaired) electrons. The smallest absolute Gasteiger partial charge is 0.381 e. The van der Waals surface area contributed by atoms with Gasteiger partial charge in [-0.25, -0.2) is 8.78 Å². The zero-order chi connectivity index (χ0) is 26.0. The Morgan fingerprint density at radius 1 is 0.972 bits per heavy atom. The van der Waals surface area contributed by atoms with E-state index in [1.54, 1.807) is 0 Å². The highest BCUT2D eigenvalue weighted by atomic mass is 19.4. The standard InChI is InChI=1S/C27H34F5N3O/c28-18-22(29)7-3-1-4-8-26(36)34-24-14-13-23(17-25(24)35-15-5-2-6-16-35)33-19-20-9-11-21(12-10-20)27(30,31)32/h9-14,17,22,33H,1-8,15-16,18-19H2,(H,34,36). The summed E-state index contributed by atoms with van der Waals surface area (Å²) in [4.78, 5) is 14.8. The average molecular weight is 512 g/mol. The molecule has 2 N–H and O–H groups in total. The molecule has 4 nitrogen and oxygen atoms in total. The van der Waals surface area contributed by atoms with Crippen LogP contribution < -0.4 is 15.5 Å². The topological polar surface area (TPSA) is 44.4 Å². The van der Waals surface area contributed by atoms with Crippen molar-refractivity contribution in [2.24, 2.45) is 0 Å². The van der Waals surface area contributed by atoms with E-state index >= 15 is 0 Å². The fourth-order valence-electron chi connectivity index (χ4n) is 4.28. The molecule has 9 heteroatoms. The van der Waals surface area contributed by atoms with Crippen molar-refractivity contribution < 1.29 is 26.7 Å². The van der Waals surface area contributed by atoms with Crippen LogP contribution in [0, 0.1) is 0 Å². The lowest BCUT2D eigenvalue weighted by atomic mass is 10.1. The lowest BCUT2D eigenvalue weighted by Gasteiger charge is -2.31. The van der Waals surface area contributed by atoms with E-state index in [2.05, 4.69) is 15.5 Å². The van der Waals surface area contributed by atoms with Gasteiger partial charge < -0.3 is 15.5 Å². The van der Waals surface area contributed by atoms with Crippen LogP contribution >= 0.6 is 0 Å². The molecule has 1 aliphatic rings. The third kappa shape index (κ3) is 8.68. The number of anilines is 3. The Bertz CT molecular complexity index is 959. The molecule has 0 bridgehead atoms. The van der Waals surface area contributed by atoms with E-state index < -0.39 is 24.6 Å². The molecule has 2 aromatic carbocycles. The van der Waals surface area contributed by atoms with Crippen molar-refractivity contribution in [2.45, 2.75) is 70.3 Å². The second kappa shape index (κ2) is 13.5. The predicted molar refractivity (Wildman–Crippen MR) is 134 cm³/mol. The van der Waals surface area contributed by atoms with Crippen LogP contribution in [0.4, 0.5) is 39.0 Å². The number of unbranched alkanes of at least 4 members (excludes halogenated alkanes) is 2. The number of carbonyl (C=O) groups is 1. The van der Waals surface area contributed by atoms with Crippen LogP contribution in [-0.4, -0.2) is 31.8 Å². The van der Waals surface area contributed by atoms with Crippen molar-refractivity contribution in [2.75, 3.05) is 35.3 Å². The summed E-state index contributed by atoms with van der Waals surface area (Å²) in [7, 11) is 0. The largest absolute Gasteiger partial charge is 0.416 e. The number of piperidine rings is 1. The Morgan fingerprint density at radius 2 is 1.69 bits per heavy atom. The molecule has 3 rings (SSSR count). The molecule has 0 aromatic heterocycles. The van der Waals surface area contributed by atoms with Crippen molar-refractivity contribution in [3.63, 3.8) is 0 Å². The molecule has 0 aliphatic carbocycles. The van der Waals surface area contributed by atoms with Gasteiger partial charge in [-0.3, -0.25) is 4.79 Å². The van der Waals surface area contributed by atoms with Crippen LogP contribution in [0.1, 0.15) is 62.5 Å². The van der Waals surface area contributed by atoms with E-state index in [4.69, 9.17) is 0 Å². The molecule has 36 heavy (non-hydrogen) atoms. The molecule has 1 aliphatic heterocycles. The number of nitrogens with zero attached hydrogens (tertiary/aromatic N) is 1. The van der Waals surface area contributed by atoms with Crippen molar-refractivity contribution in [3.05, 3.63) is 53.6 Å². The maximum atomic E-state index is 13.0. The minimum Gasteiger partial charge on any atom is -0.381 e. The van der Waals surface area contributed by atoms with Crippen LogP contribution in [0.25, 0.3) is 0 Å². The number of rotatable bonds is 12. The number of benzene rings is 2. The predicted octanol–water partition coefficient (Wildman–Crippen LogP) is 7.50. The van der Waals surface area contributed by atoms with Gasteiger partial charge in [0.1, 0.15) is 12.8 Å². The van der Waals surface area contributed by atoms with Crippen molar-refractivity contribution >= 4 is 23.0 Å². The van der Waals surface area contributed by atoms with E-state index in [-0.39, 0.29) is 12.3 Å². The Labute approximate surface area is 209 Å². The molecule has 2 aromatic rings. The maximum absolute atomic E-state index is 13.0. The number of hydrogen-bond donors (Lipinski definition) is 2. The molecule has 0 saturated carbocycles. The SMILES string of the molecule is O=C(CCCCCC(F)CF)Nc1ccc(NCc2ccc(C(F)(F)F)cc2)cc1N1CCCCC1. The van der Waals surface area contributed by atoms with E-state index in [1.807, 2.05) is 18.2 Å². The Kier molecular flexibility index (Phi) is 10.4. The number of hydrogen-bond acceptors (Lipinski definition) is 3. The Hall–Kier alpha value is -2.84. The molecular weight excluding hydrogens is 477 g/mol. The molecule has 1 heterocycles. The van der Waals surface area contributed by atoms with Gasteiger partial charge in [-0.2, -0.15) is 13.2 Å². The van der Waals surface area contributed by atoms with E-state index in [1.165, 1.54) is 12.1 Å². The van der Waals surface area contributed by atoms with Crippen LogP contribution in [-0.2, 0) is 17.5 Å². The molecule has 1 fully saturated rings. The molecular formula is C27H34F5N3O. The molecule has 1 amide bonds. The van der Waals surface area contributed by atoms with Crippen molar-refractivity contribution in [3.8, 4) is 0 Å². The Balaban J connectivity index is 1.61. The van der Waals surface area contributed by atoms with Crippen LogP contribution in [0.5, 0.6) is 0 Å². The quantitative estimate of drug-likeness (QED) is 0.229. The number of halogens is 5. The first-order valence-electron chi connectivity index (χ1n) is 12.5. The highest BCUT2D eigenvalue weighted by molar-refractivity contribution is 5.95. The third-order valence-corrected chi connectivity index (χ3v) is 6.34. The van der Waals surface area contributed by atoms with E-state index in [9.17, 15) is 26.7 Å². The first kappa shape index (κ1) is 27.7. The summed E-state index contributed by atoms with van der Waals surface area (Å²) in [6, 6.07) is 10.7. The van der Waals surface area contributed by atoms with Gasteiger partial charge in [-0.1, -0.05) is 25.0 Å². The fraction of sp³-hybridized carbons (Fsp3) is 0.519. The first-order valence-corrected chi connectivity index (χ1v) is 12.5. The number of alkyl halides is 5. The molecule has 0 spiro atoms. The normalized spacial score (nSPS) is 15.0. The minimum atomic E-state index is -4.36. The lowest BCUT2D eigenvalue weighted by molar-refractivity contribution is -0.137. The van der Waals surface area contributed by atoms with Crippen LogP contribution in [0.3, 0.4) is 0 Å². The molecule has 198 valence electrons. The molecule has 1 saturated heterocycles. The number of nitrogens with one attached hydrogen (secondary N) is 2. The van der Waals surface area contributed by atoms with Gasteiger partial charge in [0.15, 0.2) is 0 Å². The lowest BCUT2D eigenvalue weighted by Crippen LogP contribution is -2.30. The Morgan fingerprint density at radius 3 is 2.36 bits per heavy atom. The zero-order valence-electron chi connectivity index (χ0n) is 20.3. The average Bonchev–Trinajstić information content (AvgIpc) is 2.88. The highest BCUT2D eigenvalue weighted by Gasteiger charge is 2.29. The minimum absolute atomic E-state index is 0.124. The van der Waals surface area contributed by atoms with E-state index in [0.29, 0.717) is 37.9 Å². The van der Waals surface area contributed by atoms with E-state index in [0.717, 1.165) is 61.4 Å². The van der Waals surface area contributed by atoms with Crippen molar-refractivity contribution in [1.82, 2.24) is 0 Å². The number of carbonyl (C=O) groups excluding carboxylic acids is 1. The summed E-state index contributed by atoms with van der Waals surface area (Å²) in [5.74, 6) is -0.124. The third-order valence-electron chi connectivity index (χ3n) is 6.34. The second-order valence-electron chi connectivity index (χ2n) is 9.23.